The number of benzene rings is 1. The minimum atomic E-state index is -0.196. The first kappa shape index (κ1) is 15.3. The number of hydrogen-bond donors (Lipinski definition) is 0. The Bertz CT molecular complexity index is 726. The van der Waals surface area contributed by atoms with Crippen LogP contribution in [0.4, 0.5) is 0 Å². The summed E-state index contributed by atoms with van der Waals surface area (Å²) in [5.41, 5.74) is 0.846. The van der Waals surface area contributed by atoms with Gasteiger partial charge >= 0.3 is 5.97 Å². The molecule has 7 heteroatoms. The van der Waals surface area contributed by atoms with Gasteiger partial charge in [0, 0.05) is 12.0 Å². The standard InChI is InChI=1S/C16H19N3O4/c1-21-12-6-4-10(8-13(12)22-2)15-17-14-7-5-11(16(20)23-3)9-19(14)18-15/h4,6,8,11H,5,7,9H2,1-3H3. The van der Waals surface area contributed by atoms with E-state index in [1.807, 2.05) is 18.2 Å². The molecule has 0 amide bonds. The van der Waals surface area contributed by atoms with Gasteiger partial charge in [-0.05, 0) is 24.6 Å². The normalized spacial score (nSPS) is 16.6. The molecule has 2 aromatic rings. The fourth-order valence-electron chi connectivity index (χ4n) is 2.77. The van der Waals surface area contributed by atoms with Gasteiger partial charge in [0.2, 0.25) is 0 Å². The number of hydrogen-bond acceptors (Lipinski definition) is 6. The third-order valence-corrected chi connectivity index (χ3v) is 4.03. The van der Waals surface area contributed by atoms with E-state index in [9.17, 15) is 4.79 Å². The number of carbonyl (C=O) groups excluding carboxylic acids is 1. The maximum absolute atomic E-state index is 11.7. The van der Waals surface area contributed by atoms with Gasteiger partial charge in [0.1, 0.15) is 5.82 Å². The van der Waals surface area contributed by atoms with E-state index < -0.39 is 0 Å². The van der Waals surface area contributed by atoms with E-state index >= 15 is 0 Å². The SMILES string of the molecule is COC(=O)C1CCc2nc(-c3ccc(OC)c(OC)c3)nn2C1. The summed E-state index contributed by atoms with van der Waals surface area (Å²) in [4.78, 5) is 16.3. The topological polar surface area (TPSA) is 75.5 Å². The number of fused-ring (bicyclic) bond motifs is 1. The Morgan fingerprint density at radius 2 is 2.00 bits per heavy atom. The average Bonchev–Trinajstić information content (AvgIpc) is 3.03. The van der Waals surface area contributed by atoms with Gasteiger partial charge in [-0.25, -0.2) is 9.67 Å². The number of aromatic nitrogens is 3. The van der Waals surface area contributed by atoms with Crippen LogP contribution in [0.1, 0.15) is 12.2 Å². The monoisotopic (exact) mass is 317 g/mol. The number of nitrogens with zero attached hydrogens (tertiary/aromatic N) is 3. The van der Waals surface area contributed by atoms with E-state index in [-0.39, 0.29) is 11.9 Å². The average molecular weight is 317 g/mol. The zero-order chi connectivity index (χ0) is 16.4. The molecule has 7 nitrogen and oxygen atoms in total. The Labute approximate surface area is 134 Å². The summed E-state index contributed by atoms with van der Waals surface area (Å²) >= 11 is 0. The zero-order valence-electron chi connectivity index (χ0n) is 13.4. The smallest absolute Gasteiger partial charge is 0.310 e. The Kier molecular flexibility index (Phi) is 4.18. The molecule has 0 bridgehead atoms. The Morgan fingerprint density at radius 1 is 1.22 bits per heavy atom. The first-order valence-corrected chi connectivity index (χ1v) is 7.40. The molecule has 122 valence electrons. The molecule has 0 saturated heterocycles. The molecular weight excluding hydrogens is 298 g/mol. The lowest BCUT2D eigenvalue weighted by atomic mass is 10.0. The van der Waals surface area contributed by atoms with Crippen LogP contribution in [0.3, 0.4) is 0 Å². The molecule has 0 fully saturated rings. The Balaban J connectivity index is 1.89. The minimum Gasteiger partial charge on any atom is -0.493 e. The molecule has 0 spiro atoms. The molecule has 2 heterocycles. The fourth-order valence-corrected chi connectivity index (χ4v) is 2.77. The van der Waals surface area contributed by atoms with Crippen molar-refractivity contribution in [3.8, 4) is 22.9 Å². The molecule has 0 radical (unpaired) electrons. The molecule has 1 unspecified atom stereocenters. The summed E-state index contributed by atoms with van der Waals surface area (Å²) in [6, 6.07) is 5.56. The lowest BCUT2D eigenvalue weighted by Gasteiger charge is -2.19. The molecule has 1 aliphatic rings. The van der Waals surface area contributed by atoms with Crippen molar-refractivity contribution in [2.75, 3.05) is 21.3 Å². The van der Waals surface area contributed by atoms with Crippen LogP contribution in [-0.2, 0) is 22.5 Å². The number of esters is 1. The van der Waals surface area contributed by atoms with Crippen LogP contribution in [0, 0.1) is 5.92 Å². The second-order valence-electron chi connectivity index (χ2n) is 5.36. The molecule has 1 atom stereocenters. The lowest BCUT2D eigenvalue weighted by Crippen LogP contribution is -2.28. The predicted octanol–water partition coefficient (Wildman–Crippen LogP) is 1.70. The molecule has 1 aromatic carbocycles. The van der Waals surface area contributed by atoms with Crippen LogP contribution >= 0.6 is 0 Å². The highest BCUT2D eigenvalue weighted by molar-refractivity contribution is 5.72. The summed E-state index contributed by atoms with van der Waals surface area (Å²) in [6.45, 7) is 0.502. The van der Waals surface area contributed by atoms with Crippen LogP contribution < -0.4 is 9.47 Å². The molecule has 3 rings (SSSR count). The summed E-state index contributed by atoms with van der Waals surface area (Å²) < 4.78 is 17.2. The number of ether oxygens (including phenoxy) is 3. The molecular formula is C16H19N3O4. The number of carbonyl (C=O) groups is 1. The van der Waals surface area contributed by atoms with E-state index in [1.165, 1.54) is 7.11 Å². The maximum Gasteiger partial charge on any atom is 0.310 e. The predicted molar refractivity (Wildman–Crippen MR) is 82.4 cm³/mol. The third kappa shape index (κ3) is 2.86. The van der Waals surface area contributed by atoms with Crippen molar-refractivity contribution in [1.82, 2.24) is 14.8 Å². The van der Waals surface area contributed by atoms with Crippen molar-refractivity contribution in [3.05, 3.63) is 24.0 Å². The molecule has 1 aromatic heterocycles. The summed E-state index contributed by atoms with van der Waals surface area (Å²) in [5.74, 6) is 2.43. The van der Waals surface area contributed by atoms with E-state index in [4.69, 9.17) is 14.2 Å². The van der Waals surface area contributed by atoms with Crippen LogP contribution in [0.2, 0.25) is 0 Å². The van der Waals surface area contributed by atoms with E-state index in [0.717, 1.165) is 17.8 Å². The lowest BCUT2D eigenvalue weighted by molar-refractivity contribution is -0.146. The van der Waals surface area contributed by atoms with Gasteiger partial charge < -0.3 is 14.2 Å². The van der Waals surface area contributed by atoms with Crippen molar-refractivity contribution in [2.45, 2.75) is 19.4 Å². The Hall–Kier alpha value is -2.57. The molecule has 0 aliphatic carbocycles. The minimum absolute atomic E-state index is 0.160. The van der Waals surface area contributed by atoms with Crippen LogP contribution in [0.5, 0.6) is 11.5 Å². The zero-order valence-corrected chi connectivity index (χ0v) is 13.4. The second-order valence-corrected chi connectivity index (χ2v) is 5.36. The van der Waals surface area contributed by atoms with Gasteiger partial charge in [0.15, 0.2) is 17.3 Å². The van der Waals surface area contributed by atoms with Gasteiger partial charge in [0.25, 0.3) is 0 Å². The number of methoxy groups -OCH3 is 3. The van der Waals surface area contributed by atoms with Crippen LogP contribution in [-0.4, -0.2) is 42.1 Å². The van der Waals surface area contributed by atoms with Crippen molar-refractivity contribution in [3.63, 3.8) is 0 Å². The van der Waals surface area contributed by atoms with Gasteiger partial charge in [-0.2, -0.15) is 5.10 Å². The number of rotatable bonds is 4. The molecule has 0 N–H and O–H groups in total. The third-order valence-electron chi connectivity index (χ3n) is 4.03. The number of aryl methyl sites for hydroxylation is 1. The van der Waals surface area contributed by atoms with Gasteiger partial charge in [-0.3, -0.25) is 4.79 Å². The van der Waals surface area contributed by atoms with Crippen molar-refractivity contribution >= 4 is 5.97 Å². The molecule has 23 heavy (non-hydrogen) atoms. The van der Waals surface area contributed by atoms with E-state index in [2.05, 4.69) is 10.1 Å². The summed E-state index contributed by atoms with van der Waals surface area (Å²) in [5, 5.41) is 4.52. The van der Waals surface area contributed by atoms with Crippen LogP contribution in [0.25, 0.3) is 11.4 Å². The highest BCUT2D eigenvalue weighted by Gasteiger charge is 2.27. The fraction of sp³-hybridized carbons (Fsp3) is 0.438. The van der Waals surface area contributed by atoms with Crippen LogP contribution in [0.15, 0.2) is 18.2 Å². The summed E-state index contributed by atoms with van der Waals surface area (Å²) in [6.07, 6.45) is 1.44. The van der Waals surface area contributed by atoms with E-state index in [0.29, 0.717) is 30.3 Å². The first-order valence-electron chi connectivity index (χ1n) is 7.40. The quantitative estimate of drug-likeness (QED) is 0.799. The van der Waals surface area contributed by atoms with Crippen molar-refractivity contribution < 1.29 is 19.0 Å². The van der Waals surface area contributed by atoms with E-state index in [1.54, 1.807) is 18.9 Å². The maximum atomic E-state index is 11.7. The highest BCUT2D eigenvalue weighted by atomic mass is 16.5. The van der Waals surface area contributed by atoms with Gasteiger partial charge in [-0.15, -0.1) is 0 Å². The highest BCUT2D eigenvalue weighted by Crippen LogP contribution is 2.31. The van der Waals surface area contributed by atoms with Gasteiger partial charge in [-0.1, -0.05) is 0 Å². The largest absolute Gasteiger partial charge is 0.493 e. The second kappa shape index (κ2) is 6.28. The first-order chi connectivity index (χ1) is 11.2. The molecule has 0 saturated carbocycles. The van der Waals surface area contributed by atoms with Gasteiger partial charge in [0.05, 0.1) is 33.8 Å². The summed E-state index contributed by atoms with van der Waals surface area (Å²) in [7, 11) is 4.60. The van der Waals surface area contributed by atoms with Crippen molar-refractivity contribution in [1.29, 1.82) is 0 Å². The van der Waals surface area contributed by atoms with Crippen molar-refractivity contribution in [2.24, 2.45) is 5.92 Å². The Morgan fingerprint density at radius 3 is 2.70 bits per heavy atom. The molecule has 1 aliphatic heterocycles.